The molecule has 2 heterocycles. The van der Waals surface area contributed by atoms with Crippen molar-refractivity contribution in [3.63, 3.8) is 0 Å². The fourth-order valence-corrected chi connectivity index (χ4v) is 2.50. The predicted molar refractivity (Wildman–Crippen MR) is 78.7 cm³/mol. The molecule has 0 unspecified atom stereocenters. The quantitative estimate of drug-likeness (QED) is 0.646. The summed E-state index contributed by atoms with van der Waals surface area (Å²) in [4.78, 5) is 5.14. The lowest BCUT2D eigenvalue weighted by Gasteiger charge is -2.06. The fourth-order valence-electron chi connectivity index (χ4n) is 1.64. The Labute approximate surface area is 111 Å². The smallest absolute Gasteiger partial charge is 0.0665 e. The minimum absolute atomic E-state index is 0.676. The van der Waals surface area contributed by atoms with Gasteiger partial charge in [0.05, 0.1) is 10.6 Å². The van der Waals surface area contributed by atoms with Gasteiger partial charge in [0.1, 0.15) is 0 Å². The van der Waals surface area contributed by atoms with Gasteiger partial charge in [0, 0.05) is 32.1 Å². The van der Waals surface area contributed by atoms with Crippen molar-refractivity contribution in [3.8, 4) is 0 Å². The number of rotatable bonds is 3. The van der Waals surface area contributed by atoms with Gasteiger partial charge in [-0.2, -0.15) is 0 Å². The molecule has 1 aliphatic heterocycles. The van der Waals surface area contributed by atoms with Crippen molar-refractivity contribution in [2.45, 2.75) is 6.42 Å². The molecule has 1 aromatic rings. The molecule has 0 aliphatic carbocycles. The van der Waals surface area contributed by atoms with Crippen molar-refractivity contribution >= 4 is 28.8 Å². The molecule has 4 N–H and O–H groups in total. The van der Waals surface area contributed by atoms with Gasteiger partial charge in [0.25, 0.3) is 0 Å². The normalized spacial score (nSPS) is 15.4. The number of nitrogens with zero attached hydrogens (tertiary/aromatic N) is 2. The molecule has 0 bridgehead atoms. The zero-order valence-electron chi connectivity index (χ0n) is 10.2. The predicted octanol–water partition coefficient (Wildman–Crippen LogP) is 2.18. The number of hydrogen-bond donors (Lipinski definition) is 2. The molecule has 4 nitrogen and oxygen atoms in total. The molecule has 0 radical (unpaired) electrons. The van der Waals surface area contributed by atoms with Crippen molar-refractivity contribution in [1.29, 1.82) is 0 Å². The largest absolute Gasteiger partial charge is 0.396 e. The van der Waals surface area contributed by atoms with Gasteiger partial charge < -0.3 is 10.7 Å². The summed E-state index contributed by atoms with van der Waals surface area (Å²) in [5.41, 5.74) is 9.06. The maximum absolute atomic E-state index is 5.96. The zero-order chi connectivity index (χ0) is 13.0. The highest BCUT2D eigenvalue weighted by Crippen LogP contribution is 2.27. The maximum atomic E-state index is 5.96. The van der Waals surface area contributed by atoms with Crippen molar-refractivity contribution in [1.82, 2.24) is 5.01 Å². The van der Waals surface area contributed by atoms with E-state index >= 15 is 0 Å². The molecule has 0 aromatic carbocycles. The van der Waals surface area contributed by atoms with E-state index in [1.807, 2.05) is 12.3 Å². The standard InChI is InChI=1S/C13H16N4S/c1-17(15)8-12(14)13-7-11(9-18-13)10-3-2-5-16-6-4-10/h2-3,5-9H,4,14-15H2,1H3/b12-8-. The second-order valence-electron chi connectivity index (χ2n) is 4.02. The summed E-state index contributed by atoms with van der Waals surface area (Å²) in [6.07, 6.45) is 10.3. The Morgan fingerprint density at radius 3 is 3.17 bits per heavy atom. The van der Waals surface area contributed by atoms with E-state index < -0.39 is 0 Å². The van der Waals surface area contributed by atoms with Gasteiger partial charge in [-0.05, 0) is 28.7 Å². The molecule has 0 amide bonds. The van der Waals surface area contributed by atoms with E-state index in [0.29, 0.717) is 5.70 Å². The molecule has 94 valence electrons. The summed E-state index contributed by atoms with van der Waals surface area (Å²) in [6, 6.07) is 2.08. The van der Waals surface area contributed by atoms with Gasteiger partial charge in [-0.3, -0.25) is 4.99 Å². The number of allylic oxidation sites excluding steroid dienone is 3. The van der Waals surface area contributed by atoms with Crippen molar-refractivity contribution in [2.75, 3.05) is 7.05 Å². The molecule has 0 fully saturated rings. The Hall–Kier alpha value is -1.85. The van der Waals surface area contributed by atoms with Crippen LogP contribution in [0.15, 0.2) is 41.0 Å². The minimum atomic E-state index is 0.676. The van der Waals surface area contributed by atoms with Crippen molar-refractivity contribution < 1.29 is 0 Å². The molecule has 0 saturated carbocycles. The first-order chi connectivity index (χ1) is 8.66. The second-order valence-corrected chi connectivity index (χ2v) is 4.93. The Balaban J connectivity index is 2.23. The highest BCUT2D eigenvalue weighted by molar-refractivity contribution is 7.11. The Kier molecular flexibility index (Phi) is 3.96. The van der Waals surface area contributed by atoms with Crippen LogP contribution in [-0.2, 0) is 0 Å². The maximum Gasteiger partial charge on any atom is 0.0665 e. The van der Waals surface area contributed by atoms with E-state index in [2.05, 4.69) is 22.5 Å². The molecule has 2 rings (SSSR count). The van der Waals surface area contributed by atoms with Gasteiger partial charge >= 0.3 is 0 Å². The third kappa shape index (κ3) is 3.09. The van der Waals surface area contributed by atoms with Crippen LogP contribution in [-0.4, -0.2) is 18.3 Å². The lowest BCUT2D eigenvalue weighted by molar-refractivity contribution is 0.486. The van der Waals surface area contributed by atoms with Gasteiger partial charge in [-0.1, -0.05) is 6.08 Å². The first-order valence-electron chi connectivity index (χ1n) is 5.58. The van der Waals surface area contributed by atoms with E-state index in [4.69, 9.17) is 11.6 Å². The first kappa shape index (κ1) is 12.6. The molecule has 1 aromatic heterocycles. The number of hydrazine groups is 1. The average Bonchev–Trinajstić information content (AvgIpc) is 2.65. The van der Waals surface area contributed by atoms with Crippen LogP contribution in [0.2, 0.25) is 0 Å². The SMILES string of the molecule is CN(N)/C=C(\N)c1cc(C2=CC=CN=CC2)cs1. The van der Waals surface area contributed by atoms with Gasteiger partial charge in [-0.25, -0.2) is 5.84 Å². The molecule has 18 heavy (non-hydrogen) atoms. The van der Waals surface area contributed by atoms with Crippen LogP contribution in [0.5, 0.6) is 0 Å². The fraction of sp³-hybridized carbons (Fsp3) is 0.154. The summed E-state index contributed by atoms with van der Waals surface area (Å²) >= 11 is 1.62. The summed E-state index contributed by atoms with van der Waals surface area (Å²) in [5, 5.41) is 3.56. The number of nitrogens with two attached hydrogens (primary N) is 2. The number of thiophene rings is 1. The van der Waals surface area contributed by atoms with Gasteiger partial charge in [-0.15, -0.1) is 11.3 Å². The zero-order valence-corrected chi connectivity index (χ0v) is 11.0. The summed E-state index contributed by atoms with van der Waals surface area (Å²) in [6.45, 7) is 0. The van der Waals surface area contributed by atoms with Crippen LogP contribution in [0.25, 0.3) is 11.3 Å². The molecular formula is C13H16N4S. The highest BCUT2D eigenvalue weighted by atomic mass is 32.1. The molecule has 0 spiro atoms. The average molecular weight is 260 g/mol. The minimum Gasteiger partial charge on any atom is -0.396 e. The van der Waals surface area contributed by atoms with Crippen LogP contribution in [0.3, 0.4) is 0 Å². The second kappa shape index (κ2) is 5.66. The molecule has 5 heteroatoms. The molecule has 0 saturated heterocycles. The van der Waals surface area contributed by atoms with Crippen LogP contribution in [0.4, 0.5) is 0 Å². The Morgan fingerprint density at radius 2 is 2.39 bits per heavy atom. The van der Waals surface area contributed by atoms with Crippen molar-refractivity contribution in [2.24, 2.45) is 16.6 Å². The summed E-state index contributed by atoms with van der Waals surface area (Å²) in [7, 11) is 1.75. The monoisotopic (exact) mass is 260 g/mol. The highest BCUT2D eigenvalue weighted by Gasteiger charge is 2.07. The third-order valence-electron chi connectivity index (χ3n) is 2.48. The number of hydrogen-bond acceptors (Lipinski definition) is 5. The molecule has 1 aliphatic rings. The Morgan fingerprint density at radius 1 is 1.56 bits per heavy atom. The summed E-state index contributed by atoms with van der Waals surface area (Å²) < 4.78 is 0. The van der Waals surface area contributed by atoms with Crippen LogP contribution < -0.4 is 11.6 Å². The summed E-state index contributed by atoms with van der Waals surface area (Å²) in [5.74, 6) is 5.54. The van der Waals surface area contributed by atoms with Crippen molar-refractivity contribution in [3.05, 3.63) is 46.4 Å². The van der Waals surface area contributed by atoms with E-state index in [-0.39, 0.29) is 0 Å². The van der Waals surface area contributed by atoms with Crippen LogP contribution >= 0.6 is 11.3 Å². The topological polar surface area (TPSA) is 67.6 Å². The molecular weight excluding hydrogens is 244 g/mol. The lowest BCUT2D eigenvalue weighted by atomic mass is 10.1. The lowest BCUT2D eigenvalue weighted by Crippen LogP contribution is -2.20. The third-order valence-corrected chi connectivity index (χ3v) is 3.46. The molecule has 0 atom stereocenters. The van der Waals surface area contributed by atoms with Gasteiger partial charge in [0.15, 0.2) is 0 Å². The number of aliphatic imine (C=N–C) groups is 1. The van der Waals surface area contributed by atoms with Crippen LogP contribution in [0, 0.1) is 0 Å². The van der Waals surface area contributed by atoms with Gasteiger partial charge in [0.2, 0.25) is 0 Å². The Bertz CT molecular complexity index is 535. The van der Waals surface area contributed by atoms with E-state index in [9.17, 15) is 0 Å². The van der Waals surface area contributed by atoms with E-state index in [1.165, 1.54) is 16.1 Å². The van der Waals surface area contributed by atoms with E-state index in [0.717, 1.165) is 11.3 Å². The van der Waals surface area contributed by atoms with E-state index in [1.54, 1.807) is 30.8 Å². The first-order valence-corrected chi connectivity index (χ1v) is 6.46. The van der Waals surface area contributed by atoms with Crippen LogP contribution in [0.1, 0.15) is 16.9 Å².